The summed E-state index contributed by atoms with van der Waals surface area (Å²) in [6.07, 6.45) is 1.12. The van der Waals surface area contributed by atoms with Gasteiger partial charge in [0, 0.05) is 17.8 Å². The summed E-state index contributed by atoms with van der Waals surface area (Å²) in [7, 11) is -4.17. The van der Waals surface area contributed by atoms with Crippen molar-refractivity contribution in [3.8, 4) is 11.6 Å². The van der Waals surface area contributed by atoms with Crippen LogP contribution >= 0.6 is 0 Å². The number of amides is 1. The molecule has 28 heavy (non-hydrogen) atoms. The van der Waals surface area contributed by atoms with Crippen LogP contribution in [0.15, 0.2) is 71.8 Å². The summed E-state index contributed by atoms with van der Waals surface area (Å²) < 4.78 is 33.7. The molecule has 0 aliphatic carbocycles. The van der Waals surface area contributed by atoms with E-state index >= 15 is 0 Å². The van der Waals surface area contributed by atoms with E-state index in [4.69, 9.17) is 4.74 Å². The van der Waals surface area contributed by atoms with Gasteiger partial charge in [0.1, 0.15) is 15.8 Å². The molecule has 6 nitrogen and oxygen atoms in total. The third-order valence-electron chi connectivity index (χ3n) is 3.79. The van der Waals surface area contributed by atoms with Crippen LogP contribution in [0, 0.1) is 13.8 Å². The number of sulfonamides is 1. The molecule has 0 saturated carbocycles. The van der Waals surface area contributed by atoms with Crippen LogP contribution in [-0.4, -0.2) is 19.3 Å². The zero-order chi connectivity index (χ0) is 19.4. The summed E-state index contributed by atoms with van der Waals surface area (Å²) in [5, 5.41) is 0. The van der Waals surface area contributed by atoms with Crippen molar-refractivity contribution in [1.82, 2.24) is 4.98 Å². The number of carbonyl (C=O) groups excluding carboxylic acids is 1. The topological polar surface area (TPSA) is 87.4 Å². The Morgan fingerprint density at radius 2 is 1.71 bits per heavy atom. The Morgan fingerprint density at radius 3 is 2.32 bits per heavy atom. The number of rotatable bonds is 5. The molecule has 2 aromatic carbocycles. The first kappa shape index (κ1) is 22.1. The Balaban J connectivity index is 0.00000280. The van der Waals surface area contributed by atoms with Gasteiger partial charge in [-0.3, -0.25) is 0 Å². The third-order valence-corrected chi connectivity index (χ3v) is 5.03. The fourth-order valence-electron chi connectivity index (χ4n) is 2.45. The van der Waals surface area contributed by atoms with E-state index in [1.807, 2.05) is 25.1 Å². The number of carbonyl (C=O) groups is 1. The van der Waals surface area contributed by atoms with Crippen molar-refractivity contribution in [2.75, 3.05) is 0 Å². The fourth-order valence-corrected chi connectivity index (χ4v) is 3.30. The van der Waals surface area contributed by atoms with Crippen molar-refractivity contribution >= 4 is 15.9 Å². The van der Waals surface area contributed by atoms with Crippen LogP contribution in [0.25, 0.3) is 4.72 Å². The van der Waals surface area contributed by atoms with Crippen molar-refractivity contribution < 1.29 is 47.5 Å². The van der Waals surface area contributed by atoms with E-state index in [1.165, 1.54) is 12.1 Å². The second kappa shape index (κ2) is 9.34. The first-order valence-corrected chi connectivity index (χ1v) is 9.58. The van der Waals surface area contributed by atoms with Gasteiger partial charge in [0.2, 0.25) is 5.88 Å². The second-order valence-electron chi connectivity index (χ2n) is 5.94. The van der Waals surface area contributed by atoms with Crippen LogP contribution in [0.4, 0.5) is 0 Å². The zero-order valence-corrected chi connectivity index (χ0v) is 18.6. The van der Waals surface area contributed by atoms with Crippen LogP contribution in [0.3, 0.4) is 0 Å². The van der Waals surface area contributed by atoms with Gasteiger partial charge in [0.15, 0.2) is 0 Å². The smallest absolute Gasteiger partial charge is 0.537 e. The SMILES string of the molecule is Cc1ccc(C(=O)[N-]S(=O)(=O)c2ccc(Oc3ccccc3)nc2)c(C)c1.[Na+]. The predicted molar refractivity (Wildman–Crippen MR) is 102 cm³/mol. The number of para-hydroxylation sites is 1. The van der Waals surface area contributed by atoms with Gasteiger partial charge in [-0.15, -0.1) is 0 Å². The molecule has 3 rings (SSSR count). The molecule has 0 radical (unpaired) electrons. The molecular weight excluding hydrogens is 387 g/mol. The summed E-state index contributed by atoms with van der Waals surface area (Å²) in [6.45, 7) is 3.62. The first-order valence-electron chi connectivity index (χ1n) is 8.14. The molecule has 0 atom stereocenters. The Morgan fingerprint density at radius 1 is 1.00 bits per heavy atom. The number of hydrogen-bond acceptors (Lipinski definition) is 5. The van der Waals surface area contributed by atoms with E-state index in [0.29, 0.717) is 11.3 Å². The van der Waals surface area contributed by atoms with Crippen LogP contribution in [0.1, 0.15) is 21.5 Å². The molecule has 0 unspecified atom stereocenters. The van der Waals surface area contributed by atoms with E-state index in [0.717, 1.165) is 11.8 Å². The number of nitrogens with zero attached hydrogens (tertiary/aromatic N) is 2. The minimum absolute atomic E-state index is 0. The summed E-state index contributed by atoms with van der Waals surface area (Å²) in [5.41, 5.74) is 1.90. The molecule has 8 heteroatoms. The largest absolute Gasteiger partial charge is 1.00 e. The Kier molecular flexibility index (Phi) is 7.37. The number of pyridine rings is 1. The van der Waals surface area contributed by atoms with E-state index in [9.17, 15) is 13.2 Å². The standard InChI is InChI=1S/C20H18N2O4S.Na/c1-14-8-10-18(15(2)12-14)20(23)22-27(24,25)17-9-11-19(21-13-17)26-16-6-4-3-5-7-16;/h3-13H,1-2H3,(H,22,23);/q;+1/p-1. The molecular formula is C20H17N2NaO4S. The second-order valence-corrected chi connectivity index (χ2v) is 7.54. The van der Waals surface area contributed by atoms with E-state index in [-0.39, 0.29) is 45.9 Å². The molecule has 1 amide bonds. The Bertz CT molecular complexity index is 1070. The normalized spacial score (nSPS) is 10.6. The van der Waals surface area contributed by atoms with Gasteiger partial charge in [0.05, 0.1) is 10.8 Å². The molecule has 1 aromatic heterocycles. The van der Waals surface area contributed by atoms with Gasteiger partial charge in [0.25, 0.3) is 0 Å². The quantitative estimate of drug-likeness (QED) is 0.600. The molecule has 0 fully saturated rings. The van der Waals surface area contributed by atoms with Crippen molar-refractivity contribution in [3.63, 3.8) is 0 Å². The third kappa shape index (κ3) is 5.42. The Labute approximate surface area is 186 Å². The molecule has 0 aliphatic heterocycles. The van der Waals surface area contributed by atoms with Crippen LogP contribution in [0.2, 0.25) is 0 Å². The molecule has 0 N–H and O–H groups in total. The van der Waals surface area contributed by atoms with Crippen molar-refractivity contribution in [1.29, 1.82) is 0 Å². The van der Waals surface area contributed by atoms with Crippen molar-refractivity contribution in [3.05, 3.63) is 88.3 Å². The number of ether oxygens (including phenoxy) is 1. The molecule has 0 spiro atoms. The van der Waals surface area contributed by atoms with E-state index in [1.54, 1.807) is 37.3 Å². The monoisotopic (exact) mass is 404 g/mol. The molecule has 0 bridgehead atoms. The summed E-state index contributed by atoms with van der Waals surface area (Å²) in [5.74, 6) is 0.00767. The maximum Gasteiger partial charge on any atom is 1.00 e. The molecule has 3 aromatic rings. The molecule has 0 saturated heterocycles. The summed E-state index contributed by atoms with van der Waals surface area (Å²) in [6, 6.07) is 16.8. The average molecular weight is 404 g/mol. The van der Waals surface area contributed by atoms with Crippen LogP contribution in [0.5, 0.6) is 11.6 Å². The van der Waals surface area contributed by atoms with E-state index < -0.39 is 15.9 Å². The Hall–Kier alpha value is -2.19. The van der Waals surface area contributed by atoms with Gasteiger partial charge in [-0.1, -0.05) is 42.0 Å². The van der Waals surface area contributed by atoms with Gasteiger partial charge in [-0.25, -0.2) is 13.4 Å². The predicted octanol–water partition coefficient (Wildman–Crippen LogP) is 1.40. The van der Waals surface area contributed by atoms with Crippen molar-refractivity contribution in [2.24, 2.45) is 0 Å². The first-order chi connectivity index (χ1) is 12.8. The minimum Gasteiger partial charge on any atom is -0.537 e. The summed E-state index contributed by atoms with van der Waals surface area (Å²) >= 11 is 0. The maximum absolute atomic E-state index is 12.4. The molecule has 1 heterocycles. The molecule has 138 valence electrons. The maximum atomic E-state index is 12.4. The van der Waals surface area contributed by atoms with E-state index in [2.05, 4.69) is 9.71 Å². The van der Waals surface area contributed by atoms with Gasteiger partial charge >= 0.3 is 29.6 Å². The summed E-state index contributed by atoms with van der Waals surface area (Å²) in [4.78, 5) is 16.1. The number of hydrogen-bond donors (Lipinski definition) is 0. The van der Waals surface area contributed by atoms with Crippen molar-refractivity contribution in [2.45, 2.75) is 18.7 Å². The van der Waals surface area contributed by atoms with Crippen LogP contribution in [-0.2, 0) is 10.0 Å². The van der Waals surface area contributed by atoms with Gasteiger partial charge < -0.3 is 14.3 Å². The average Bonchev–Trinajstić information content (AvgIpc) is 2.62. The van der Waals surface area contributed by atoms with Gasteiger partial charge in [-0.2, -0.15) is 0 Å². The van der Waals surface area contributed by atoms with Gasteiger partial charge in [-0.05, 0) is 37.6 Å². The number of benzene rings is 2. The minimum atomic E-state index is -4.17. The number of aromatic nitrogens is 1. The fraction of sp³-hybridized carbons (Fsp3) is 0.100. The zero-order valence-electron chi connectivity index (χ0n) is 15.8. The number of aryl methyl sites for hydroxylation is 2. The molecule has 0 aliphatic rings. The van der Waals surface area contributed by atoms with Crippen LogP contribution < -0.4 is 34.3 Å².